The van der Waals surface area contributed by atoms with Gasteiger partial charge in [0.05, 0.1) is 21.5 Å². The predicted molar refractivity (Wildman–Crippen MR) is 58.1 cm³/mol. The van der Waals surface area contributed by atoms with Crippen molar-refractivity contribution in [3.8, 4) is 0 Å². The lowest BCUT2D eigenvalue weighted by Gasteiger charge is -1.96. The summed E-state index contributed by atoms with van der Waals surface area (Å²) in [5, 5.41) is 29.2. The second-order valence-electron chi connectivity index (χ2n) is 2.56. The Labute approximate surface area is 95.8 Å². The zero-order valence-corrected chi connectivity index (χ0v) is 9.11. The minimum absolute atomic E-state index is 0.490. The lowest BCUT2D eigenvalue weighted by molar-refractivity contribution is -0.394. The van der Waals surface area contributed by atoms with Gasteiger partial charge in [-0.2, -0.15) is 0 Å². The molecule has 8 heteroatoms. The number of nitro benzene ring substituents is 2. The highest BCUT2D eigenvalue weighted by Gasteiger charge is 2.19. The summed E-state index contributed by atoms with van der Waals surface area (Å²) in [7, 11) is 0. The molecule has 0 aliphatic heterocycles. The van der Waals surface area contributed by atoms with Gasteiger partial charge in [0.1, 0.15) is 0 Å². The van der Waals surface area contributed by atoms with Gasteiger partial charge in [-0.1, -0.05) is 13.8 Å². The molecular formula is C9H10N2O6. The second-order valence-corrected chi connectivity index (χ2v) is 2.56. The number of aromatic carboxylic acids is 1. The first-order valence-electron chi connectivity index (χ1n) is 4.59. The zero-order valence-electron chi connectivity index (χ0n) is 9.11. The second kappa shape index (κ2) is 6.16. The van der Waals surface area contributed by atoms with Crippen molar-refractivity contribution in [1.82, 2.24) is 0 Å². The van der Waals surface area contributed by atoms with E-state index >= 15 is 0 Å². The van der Waals surface area contributed by atoms with Gasteiger partial charge in [-0.3, -0.25) is 20.2 Å². The molecule has 0 spiro atoms. The maximum Gasteiger partial charge on any atom is 0.336 e. The van der Waals surface area contributed by atoms with Crippen LogP contribution in [0, 0.1) is 20.2 Å². The number of carbonyl (C=O) groups is 1. The molecule has 1 aromatic rings. The summed E-state index contributed by atoms with van der Waals surface area (Å²) in [6.45, 7) is 4.00. The first-order valence-corrected chi connectivity index (χ1v) is 4.59. The van der Waals surface area contributed by atoms with E-state index in [-0.39, 0.29) is 0 Å². The number of benzene rings is 1. The van der Waals surface area contributed by atoms with Crippen LogP contribution in [0.4, 0.5) is 11.4 Å². The Kier molecular flexibility index (Phi) is 5.25. The Morgan fingerprint density at radius 3 is 1.65 bits per heavy atom. The van der Waals surface area contributed by atoms with Crippen molar-refractivity contribution in [2.75, 3.05) is 0 Å². The first-order chi connectivity index (χ1) is 7.91. The van der Waals surface area contributed by atoms with Crippen LogP contribution >= 0.6 is 0 Å². The standard InChI is InChI=1S/C7H4N2O6.C2H6/c10-7(11)4-1-5(8(12)13)3-6(2-4)9(14)15;1-2/h1-3H,(H,10,11);1-2H3. The van der Waals surface area contributed by atoms with Gasteiger partial charge < -0.3 is 5.11 Å². The Morgan fingerprint density at radius 2 is 1.41 bits per heavy atom. The molecule has 0 saturated heterocycles. The highest BCUT2D eigenvalue weighted by atomic mass is 16.6. The van der Waals surface area contributed by atoms with Crippen LogP contribution in [0.25, 0.3) is 0 Å². The van der Waals surface area contributed by atoms with E-state index in [0.29, 0.717) is 6.07 Å². The van der Waals surface area contributed by atoms with Crippen molar-refractivity contribution in [3.63, 3.8) is 0 Å². The number of nitro groups is 2. The summed E-state index contributed by atoms with van der Waals surface area (Å²) < 4.78 is 0. The van der Waals surface area contributed by atoms with Crippen LogP contribution in [-0.4, -0.2) is 20.9 Å². The molecule has 1 aromatic carbocycles. The molecule has 1 rings (SSSR count). The van der Waals surface area contributed by atoms with E-state index in [0.717, 1.165) is 12.1 Å². The van der Waals surface area contributed by atoms with Crippen molar-refractivity contribution in [1.29, 1.82) is 0 Å². The number of hydrogen-bond donors (Lipinski definition) is 1. The van der Waals surface area contributed by atoms with Gasteiger partial charge in [-0.15, -0.1) is 0 Å². The molecule has 0 unspecified atom stereocenters. The van der Waals surface area contributed by atoms with Gasteiger partial charge in [0.2, 0.25) is 0 Å². The molecule has 8 nitrogen and oxygen atoms in total. The summed E-state index contributed by atoms with van der Waals surface area (Å²) in [5.41, 5.74) is -1.74. The van der Waals surface area contributed by atoms with Crippen molar-refractivity contribution >= 4 is 17.3 Å². The third-order valence-electron chi connectivity index (χ3n) is 1.57. The molecule has 0 aliphatic rings. The van der Waals surface area contributed by atoms with E-state index in [1.165, 1.54) is 0 Å². The molecule has 0 atom stereocenters. The fourth-order valence-corrected chi connectivity index (χ4v) is 0.929. The lowest BCUT2D eigenvalue weighted by atomic mass is 10.2. The Hall–Kier alpha value is -2.51. The van der Waals surface area contributed by atoms with Crippen LogP contribution in [-0.2, 0) is 0 Å². The third kappa shape index (κ3) is 3.86. The zero-order chi connectivity index (χ0) is 13.6. The number of nitrogens with zero attached hydrogens (tertiary/aromatic N) is 2. The van der Waals surface area contributed by atoms with E-state index in [1.807, 2.05) is 13.8 Å². The summed E-state index contributed by atoms with van der Waals surface area (Å²) >= 11 is 0. The van der Waals surface area contributed by atoms with Gasteiger partial charge in [0.15, 0.2) is 0 Å². The summed E-state index contributed by atoms with van der Waals surface area (Å²) in [5.74, 6) is -1.46. The number of carboxylic acids is 1. The van der Waals surface area contributed by atoms with Gasteiger partial charge >= 0.3 is 5.97 Å². The molecule has 1 N–H and O–H groups in total. The van der Waals surface area contributed by atoms with Crippen molar-refractivity contribution < 1.29 is 19.7 Å². The van der Waals surface area contributed by atoms with E-state index in [4.69, 9.17) is 5.11 Å². The van der Waals surface area contributed by atoms with E-state index < -0.39 is 32.8 Å². The molecule has 0 fully saturated rings. The Bertz CT molecular complexity index is 378. The minimum Gasteiger partial charge on any atom is -0.478 e. The van der Waals surface area contributed by atoms with Crippen LogP contribution in [0.3, 0.4) is 0 Å². The summed E-state index contributed by atoms with van der Waals surface area (Å²) in [6, 6.07) is 2.22. The topological polar surface area (TPSA) is 124 Å². The summed E-state index contributed by atoms with van der Waals surface area (Å²) in [6.07, 6.45) is 0. The average molecular weight is 242 g/mol. The van der Waals surface area contributed by atoms with Gasteiger partial charge in [0, 0.05) is 12.1 Å². The maximum atomic E-state index is 10.5. The van der Waals surface area contributed by atoms with Crippen LogP contribution in [0.2, 0.25) is 0 Å². The number of hydrogen-bond acceptors (Lipinski definition) is 5. The predicted octanol–water partition coefficient (Wildman–Crippen LogP) is 2.23. The quantitative estimate of drug-likeness (QED) is 0.640. The highest BCUT2D eigenvalue weighted by Crippen LogP contribution is 2.22. The number of rotatable bonds is 3. The normalized spacial score (nSPS) is 8.82. The molecular weight excluding hydrogens is 232 g/mol. The monoisotopic (exact) mass is 242 g/mol. The molecule has 0 heterocycles. The van der Waals surface area contributed by atoms with Crippen LogP contribution in [0.1, 0.15) is 24.2 Å². The fourth-order valence-electron chi connectivity index (χ4n) is 0.929. The number of carboxylic acid groups (broad SMARTS) is 1. The highest BCUT2D eigenvalue weighted by molar-refractivity contribution is 5.89. The number of non-ortho nitro benzene ring substituents is 2. The average Bonchev–Trinajstić information content (AvgIpc) is 2.30. The SMILES string of the molecule is CC.O=C(O)c1cc([N+](=O)[O-])cc([N+](=O)[O-])c1. The Morgan fingerprint density at radius 1 is 1.06 bits per heavy atom. The molecule has 0 radical (unpaired) electrons. The lowest BCUT2D eigenvalue weighted by Crippen LogP contribution is -2.00. The molecule has 0 aliphatic carbocycles. The van der Waals surface area contributed by atoms with Gasteiger partial charge in [0.25, 0.3) is 11.4 Å². The molecule has 0 amide bonds. The first kappa shape index (κ1) is 14.5. The fraction of sp³-hybridized carbons (Fsp3) is 0.222. The molecule has 0 aromatic heterocycles. The van der Waals surface area contributed by atoms with Gasteiger partial charge in [-0.05, 0) is 0 Å². The minimum atomic E-state index is -1.46. The third-order valence-corrected chi connectivity index (χ3v) is 1.57. The molecule has 0 saturated carbocycles. The van der Waals surface area contributed by atoms with Crippen LogP contribution < -0.4 is 0 Å². The summed E-state index contributed by atoms with van der Waals surface area (Å²) in [4.78, 5) is 29.4. The van der Waals surface area contributed by atoms with E-state index in [2.05, 4.69) is 0 Å². The van der Waals surface area contributed by atoms with E-state index in [1.54, 1.807) is 0 Å². The maximum absolute atomic E-state index is 10.5. The molecule has 17 heavy (non-hydrogen) atoms. The molecule has 0 bridgehead atoms. The smallest absolute Gasteiger partial charge is 0.336 e. The van der Waals surface area contributed by atoms with E-state index in [9.17, 15) is 25.0 Å². The van der Waals surface area contributed by atoms with Gasteiger partial charge in [-0.25, -0.2) is 4.79 Å². The molecule has 92 valence electrons. The van der Waals surface area contributed by atoms with Crippen molar-refractivity contribution in [2.24, 2.45) is 0 Å². The van der Waals surface area contributed by atoms with Crippen molar-refractivity contribution in [3.05, 3.63) is 44.0 Å². The van der Waals surface area contributed by atoms with Crippen LogP contribution in [0.5, 0.6) is 0 Å². The Balaban J connectivity index is 0.00000121. The largest absolute Gasteiger partial charge is 0.478 e. The van der Waals surface area contributed by atoms with Crippen LogP contribution in [0.15, 0.2) is 18.2 Å². The van der Waals surface area contributed by atoms with Crippen molar-refractivity contribution in [2.45, 2.75) is 13.8 Å².